The minimum absolute atomic E-state index is 0.105. The highest BCUT2D eigenvalue weighted by atomic mass is 32.2. The number of hydrogen-bond acceptors (Lipinski definition) is 3. The third kappa shape index (κ3) is 3.87. The number of phenols is 1. The summed E-state index contributed by atoms with van der Waals surface area (Å²) in [7, 11) is 0. The molecule has 1 unspecified atom stereocenters. The Hall–Kier alpha value is -1.60. The van der Waals surface area contributed by atoms with Crippen LogP contribution in [0.4, 0.5) is 0 Å². The quantitative estimate of drug-likeness (QED) is 0.616. The normalized spacial score (nSPS) is 11.5. The van der Waals surface area contributed by atoms with Crippen LogP contribution >= 0.6 is 11.8 Å². The summed E-state index contributed by atoms with van der Waals surface area (Å²) in [5.41, 5.74) is 0. The molecule has 2 N–H and O–H groups in total. The predicted molar refractivity (Wildman–Crippen MR) is 65.3 cm³/mol. The van der Waals surface area contributed by atoms with Crippen molar-refractivity contribution in [2.24, 2.45) is 0 Å². The molecule has 0 bridgehead atoms. The molecule has 1 amide bonds. The van der Waals surface area contributed by atoms with Gasteiger partial charge in [0, 0.05) is 4.90 Å². The molecule has 0 aromatic heterocycles. The van der Waals surface area contributed by atoms with Crippen molar-refractivity contribution in [3.63, 3.8) is 0 Å². The second kappa shape index (κ2) is 6.09. The van der Waals surface area contributed by atoms with E-state index in [0.717, 1.165) is 4.90 Å². The van der Waals surface area contributed by atoms with E-state index in [9.17, 15) is 9.90 Å². The van der Waals surface area contributed by atoms with Gasteiger partial charge in [0.1, 0.15) is 5.75 Å². The van der Waals surface area contributed by atoms with Gasteiger partial charge in [-0.1, -0.05) is 12.0 Å². The Balaban J connectivity index is 2.54. The molecule has 1 aromatic carbocycles. The van der Waals surface area contributed by atoms with E-state index < -0.39 is 0 Å². The van der Waals surface area contributed by atoms with Crippen LogP contribution in [0.5, 0.6) is 5.75 Å². The Bertz CT molecular complexity index is 412. The molecular formula is C12H13NO2S. The first-order chi connectivity index (χ1) is 7.63. The molecule has 1 rings (SSSR count). The Morgan fingerprint density at radius 1 is 1.69 bits per heavy atom. The van der Waals surface area contributed by atoms with Crippen molar-refractivity contribution < 1.29 is 9.90 Å². The van der Waals surface area contributed by atoms with E-state index in [-0.39, 0.29) is 23.5 Å². The molecule has 0 fully saturated rings. The first-order valence-electron chi connectivity index (χ1n) is 4.80. The van der Waals surface area contributed by atoms with Crippen molar-refractivity contribution in [2.45, 2.75) is 17.1 Å². The Kier molecular flexibility index (Phi) is 4.74. The number of amides is 1. The van der Waals surface area contributed by atoms with Crippen molar-refractivity contribution in [1.29, 1.82) is 0 Å². The monoisotopic (exact) mass is 235 g/mol. The van der Waals surface area contributed by atoms with Crippen molar-refractivity contribution >= 4 is 17.7 Å². The number of carbonyl (C=O) groups is 1. The number of thioether (sulfide) groups is 1. The van der Waals surface area contributed by atoms with Crippen LogP contribution in [0.15, 0.2) is 29.2 Å². The summed E-state index contributed by atoms with van der Waals surface area (Å²) < 4.78 is 0. The maximum Gasteiger partial charge on any atom is 0.233 e. The second-order valence-electron chi connectivity index (χ2n) is 3.18. The summed E-state index contributed by atoms with van der Waals surface area (Å²) in [6.07, 6.45) is 5.04. The van der Waals surface area contributed by atoms with E-state index in [0.29, 0.717) is 0 Å². The van der Waals surface area contributed by atoms with Gasteiger partial charge in [-0.25, -0.2) is 0 Å². The largest absolute Gasteiger partial charge is 0.508 e. The lowest BCUT2D eigenvalue weighted by molar-refractivity contribution is -0.120. The van der Waals surface area contributed by atoms with Crippen LogP contribution in [-0.4, -0.2) is 22.8 Å². The molecule has 1 atom stereocenters. The lowest BCUT2D eigenvalue weighted by Crippen LogP contribution is -2.30. The predicted octanol–water partition coefficient (Wildman–Crippen LogP) is 1.62. The zero-order chi connectivity index (χ0) is 12.0. The summed E-state index contributed by atoms with van der Waals surface area (Å²) in [4.78, 5) is 12.4. The van der Waals surface area contributed by atoms with Crippen LogP contribution < -0.4 is 5.32 Å². The molecule has 0 saturated carbocycles. The van der Waals surface area contributed by atoms with E-state index >= 15 is 0 Å². The highest BCUT2D eigenvalue weighted by Crippen LogP contribution is 2.25. The van der Waals surface area contributed by atoms with Gasteiger partial charge in [0.15, 0.2) is 0 Å². The molecular weight excluding hydrogens is 222 g/mol. The molecule has 4 heteroatoms. The third-order valence-electron chi connectivity index (χ3n) is 1.86. The average Bonchev–Trinajstić information content (AvgIpc) is 2.25. The van der Waals surface area contributed by atoms with E-state index in [4.69, 9.17) is 6.42 Å². The average molecular weight is 235 g/mol. The van der Waals surface area contributed by atoms with Crippen molar-refractivity contribution in [3.05, 3.63) is 24.3 Å². The molecule has 3 nitrogen and oxygen atoms in total. The van der Waals surface area contributed by atoms with Crippen molar-refractivity contribution in [1.82, 2.24) is 5.32 Å². The zero-order valence-corrected chi connectivity index (χ0v) is 9.75. The van der Waals surface area contributed by atoms with Gasteiger partial charge < -0.3 is 10.4 Å². The lowest BCUT2D eigenvalue weighted by Gasteiger charge is -2.10. The Morgan fingerprint density at radius 3 is 3.06 bits per heavy atom. The van der Waals surface area contributed by atoms with Gasteiger partial charge in [-0.05, 0) is 25.1 Å². The molecule has 1 aromatic rings. The minimum Gasteiger partial charge on any atom is -0.508 e. The van der Waals surface area contributed by atoms with Gasteiger partial charge in [0.05, 0.1) is 11.8 Å². The highest BCUT2D eigenvalue weighted by Gasteiger charge is 2.13. The lowest BCUT2D eigenvalue weighted by atomic mass is 10.3. The van der Waals surface area contributed by atoms with E-state index in [1.807, 2.05) is 6.07 Å². The number of carbonyl (C=O) groups excluding carboxylic acids is 1. The fourth-order valence-electron chi connectivity index (χ4n) is 1.10. The first kappa shape index (κ1) is 12.5. The SMILES string of the molecule is C#CCNC(=O)C(C)Sc1cccc(O)c1. The summed E-state index contributed by atoms with van der Waals surface area (Å²) in [5, 5.41) is 11.6. The molecule has 0 saturated heterocycles. The number of rotatable bonds is 4. The first-order valence-corrected chi connectivity index (χ1v) is 5.68. The molecule has 16 heavy (non-hydrogen) atoms. The van der Waals surface area contributed by atoms with E-state index in [1.54, 1.807) is 25.1 Å². The fourth-order valence-corrected chi connectivity index (χ4v) is 2.04. The van der Waals surface area contributed by atoms with Gasteiger partial charge in [-0.15, -0.1) is 18.2 Å². The van der Waals surface area contributed by atoms with Gasteiger partial charge in [-0.2, -0.15) is 0 Å². The molecule has 0 radical (unpaired) electrons. The number of phenolic OH excluding ortho intramolecular Hbond substituents is 1. The maximum atomic E-state index is 11.5. The highest BCUT2D eigenvalue weighted by molar-refractivity contribution is 8.00. The molecule has 84 valence electrons. The van der Waals surface area contributed by atoms with Gasteiger partial charge in [-0.3, -0.25) is 4.79 Å². The Morgan fingerprint density at radius 2 is 2.44 bits per heavy atom. The van der Waals surface area contributed by atoms with E-state index in [2.05, 4.69) is 11.2 Å². The molecule has 0 heterocycles. The molecule has 0 spiro atoms. The maximum absolute atomic E-state index is 11.5. The summed E-state index contributed by atoms with van der Waals surface area (Å²) in [6, 6.07) is 6.79. The topological polar surface area (TPSA) is 49.3 Å². The van der Waals surface area contributed by atoms with Crippen LogP contribution in [0.25, 0.3) is 0 Å². The van der Waals surface area contributed by atoms with Crippen LogP contribution in [-0.2, 0) is 4.79 Å². The number of aromatic hydroxyl groups is 1. The fraction of sp³-hybridized carbons (Fsp3) is 0.250. The van der Waals surface area contributed by atoms with Crippen LogP contribution in [0.2, 0.25) is 0 Å². The number of nitrogens with one attached hydrogen (secondary N) is 1. The molecule has 0 aliphatic rings. The van der Waals surface area contributed by atoms with Crippen molar-refractivity contribution in [2.75, 3.05) is 6.54 Å². The summed E-state index contributed by atoms with van der Waals surface area (Å²) in [5.74, 6) is 2.44. The number of benzene rings is 1. The number of hydrogen-bond donors (Lipinski definition) is 2. The van der Waals surface area contributed by atoms with Gasteiger partial charge in [0.25, 0.3) is 0 Å². The van der Waals surface area contributed by atoms with Crippen LogP contribution in [0.3, 0.4) is 0 Å². The third-order valence-corrected chi connectivity index (χ3v) is 2.96. The Labute approximate surface area is 99.2 Å². The second-order valence-corrected chi connectivity index (χ2v) is 4.59. The summed E-state index contributed by atoms with van der Waals surface area (Å²) in [6.45, 7) is 2.03. The molecule has 0 aliphatic heterocycles. The standard InChI is InChI=1S/C12H13NO2S/c1-3-7-13-12(15)9(2)16-11-6-4-5-10(14)8-11/h1,4-6,8-9,14H,7H2,2H3,(H,13,15). The van der Waals surface area contributed by atoms with Crippen LogP contribution in [0.1, 0.15) is 6.92 Å². The van der Waals surface area contributed by atoms with E-state index in [1.165, 1.54) is 11.8 Å². The van der Waals surface area contributed by atoms with Gasteiger partial charge in [0.2, 0.25) is 5.91 Å². The number of terminal acetylenes is 1. The molecule has 0 aliphatic carbocycles. The summed E-state index contributed by atoms with van der Waals surface area (Å²) >= 11 is 1.38. The van der Waals surface area contributed by atoms with Gasteiger partial charge >= 0.3 is 0 Å². The zero-order valence-electron chi connectivity index (χ0n) is 8.93. The smallest absolute Gasteiger partial charge is 0.233 e. The minimum atomic E-state index is -0.241. The van der Waals surface area contributed by atoms with Crippen LogP contribution in [0, 0.1) is 12.3 Å². The van der Waals surface area contributed by atoms with Crippen molar-refractivity contribution in [3.8, 4) is 18.1 Å².